The molecular weight excluding hydrogens is 352 g/mol. The van der Waals surface area contributed by atoms with Gasteiger partial charge in [0.1, 0.15) is 11.4 Å². The second-order valence-corrected chi connectivity index (χ2v) is 8.00. The number of hydrogen-bond donors (Lipinski definition) is 2. The number of carbonyl (C=O) groups is 1. The van der Waals surface area contributed by atoms with Crippen LogP contribution in [-0.4, -0.2) is 46.7 Å². The zero-order chi connectivity index (χ0) is 19.1. The summed E-state index contributed by atoms with van der Waals surface area (Å²) >= 11 is 0. The molecule has 28 heavy (non-hydrogen) atoms. The molecule has 0 radical (unpaired) electrons. The number of carbonyl (C=O) groups excluding carboxylic acids is 1. The normalized spacial score (nSPS) is 21.2. The van der Waals surface area contributed by atoms with Gasteiger partial charge in [0.2, 0.25) is 0 Å². The predicted molar refractivity (Wildman–Crippen MR) is 107 cm³/mol. The van der Waals surface area contributed by atoms with Gasteiger partial charge in [-0.1, -0.05) is 30.3 Å². The highest BCUT2D eigenvalue weighted by molar-refractivity contribution is 6.05. The lowest BCUT2D eigenvalue weighted by molar-refractivity contribution is -0.0195. The first-order valence-electron chi connectivity index (χ1n) is 9.83. The fraction of sp³-hybridized carbons (Fsp3) is 0.364. The summed E-state index contributed by atoms with van der Waals surface area (Å²) in [5.74, 6) is 0.808. The number of benzene rings is 2. The van der Waals surface area contributed by atoms with Gasteiger partial charge in [0, 0.05) is 30.5 Å². The van der Waals surface area contributed by atoms with Crippen LogP contribution in [0.1, 0.15) is 41.2 Å². The maximum atomic E-state index is 13.1. The lowest BCUT2D eigenvalue weighted by Gasteiger charge is -2.46. The van der Waals surface area contributed by atoms with Gasteiger partial charge in [-0.15, -0.1) is 0 Å². The van der Waals surface area contributed by atoms with Crippen molar-refractivity contribution in [3.63, 3.8) is 0 Å². The van der Waals surface area contributed by atoms with E-state index in [2.05, 4.69) is 33.5 Å². The number of likely N-dealkylation sites (tertiary alicyclic amines) is 1. The Morgan fingerprint density at radius 3 is 2.89 bits per heavy atom. The summed E-state index contributed by atoms with van der Waals surface area (Å²) in [6.45, 7) is 2.02. The van der Waals surface area contributed by atoms with Crippen LogP contribution in [0.3, 0.4) is 0 Å². The quantitative estimate of drug-likeness (QED) is 0.720. The summed E-state index contributed by atoms with van der Waals surface area (Å²) in [6.07, 6.45) is 4.48. The van der Waals surface area contributed by atoms with Gasteiger partial charge >= 0.3 is 0 Å². The number of hydrogen-bond acceptors (Lipinski definition) is 4. The van der Waals surface area contributed by atoms with Crippen LogP contribution in [-0.2, 0) is 0 Å². The summed E-state index contributed by atoms with van der Waals surface area (Å²) in [6, 6.07) is 13.7. The highest BCUT2D eigenvalue weighted by Crippen LogP contribution is 2.44. The third-order valence-electron chi connectivity index (χ3n) is 6.12. The molecule has 1 atom stereocenters. The maximum Gasteiger partial charge on any atom is 0.253 e. The van der Waals surface area contributed by atoms with Crippen LogP contribution in [0.15, 0.2) is 48.7 Å². The van der Waals surface area contributed by atoms with E-state index in [4.69, 9.17) is 4.74 Å². The highest BCUT2D eigenvalue weighted by Gasteiger charge is 2.43. The van der Waals surface area contributed by atoms with Crippen LogP contribution >= 0.6 is 0 Å². The van der Waals surface area contributed by atoms with Crippen LogP contribution in [0.25, 0.3) is 10.9 Å². The average molecular weight is 376 g/mol. The van der Waals surface area contributed by atoms with Gasteiger partial charge in [-0.2, -0.15) is 5.10 Å². The van der Waals surface area contributed by atoms with Gasteiger partial charge in [0.25, 0.3) is 5.91 Å². The standard InChI is InChI=1S/C22H24N4O2/c1-26-11-9-22(10-12-26)13-18(16-6-2-3-8-19(16)28-22)24-21(27)17-7-4-5-15-14-23-25-20(15)17/h2-8,14,18H,9-13H2,1H3,(H,23,25)(H,24,27). The van der Waals surface area contributed by atoms with Gasteiger partial charge in [-0.05, 0) is 32.0 Å². The Bertz CT molecular complexity index is 1020. The molecule has 6 heteroatoms. The number of nitrogens with zero attached hydrogens (tertiary/aromatic N) is 2. The third-order valence-corrected chi connectivity index (χ3v) is 6.12. The summed E-state index contributed by atoms with van der Waals surface area (Å²) in [5.41, 5.74) is 2.24. The van der Waals surface area contributed by atoms with E-state index in [1.807, 2.05) is 36.4 Å². The van der Waals surface area contributed by atoms with Gasteiger partial charge in [0.05, 0.1) is 23.3 Å². The van der Waals surface area contributed by atoms with Crippen LogP contribution < -0.4 is 10.1 Å². The molecular formula is C22H24N4O2. The van der Waals surface area contributed by atoms with Crippen molar-refractivity contribution in [1.29, 1.82) is 0 Å². The van der Waals surface area contributed by atoms with Crippen molar-refractivity contribution in [3.8, 4) is 5.75 Å². The Hall–Kier alpha value is -2.86. The van der Waals surface area contributed by atoms with Gasteiger partial charge in [-0.3, -0.25) is 9.89 Å². The Balaban J connectivity index is 1.46. The summed E-state index contributed by atoms with van der Waals surface area (Å²) in [5, 5.41) is 11.2. The minimum atomic E-state index is -0.210. The van der Waals surface area contributed by atoms with Gasteiger partial charge in [0.15, 0.2) is 0 Å². The zero-order valence-corrected chi connectivity index (χ0v) is 15.9. The molecule has 0 saturated carbocycles. The lowest BCUT2D eigenvalue weighted by atomic mass is 9.80. The van der Waals surface area contributed by atoms with Crippen molar-refractivity contribution < 1.29 is 9.53 Å². The second-order valence-electron chi connectivity index (χ2n) is 8.00. The van der Waals surface area contributed by atoms with E-state index in [0.717, 1.165) is 54.6 Å². The first-order chi connectivity index (χ1) is 13.6. The Morgan fingerprint density at radius 1 is 1.21 bits per heavy atom. The van der Waals surface area contributed by atoms with E-state index in [9.17, 15) is 4.79 Å². The molecule has 2 aliphatic heterocycles. The topological polar surface area (TPSA) is 70.2 Å². The van der Waals surface area contributed by atoms with Gasteiger partial charge < -0.3 is 15.0 Å². The number of aromatic amines is 1. The molecule has 6 nitrogen and oxygen atoms in total. The van der Waals surface area contributed by atoms with Crippen molar-refractivity contribution in [3.05, 3.63) is 59.8 Å². The van der Waals surface area contributed by atoms with Crippen molar-refractivity contribution in [1.82, 2.24) is 20.4 Å². The average Bonchev–Trinajstić information content (AvgIpc) is 3.19. The third kappa shape index (κ3) is 2.94. The molecule has 3 aromatic rings. The summed E-state index contributed by atoms with van der Waals surface area (Å²) in [7, 11) is 2.15. The molecule has 5 rings (SSSR count). The Labute approximate surface area is 163 Å². The molecule has 2 aromatic carbocycles. The van der Waals surface area contributed by atoms with Crippen LogP contribution in [0.4, 0.5) is 0 Å². The van der Waals surface area contributed by atoms with Crippen LogP contribution in [0.2, 0.25) is 0 Å². The minimum Gasteiger partial charge on any atom is -0.487 e. The molecule has 144 valence electrons. The molecule has 3 heterocycles. The molecule has 2 N–H and O–H groups in total. The number of rotatable bonds is 2. The molecule has 0 bridgehead atoms. The zero-order valence-electron chi connectivity index (χ0n) is 15.9. The van der Waals surface area contributed by atoms with Crippen molar-refractivity contribution in [2.45, 2.75) is 30.9 Å². The molecule has 1 unspecified atom stereocenters. The van der Waals surface area contributed by atoms with E-state index in [0.29, 0.717) is 5.56 Å². The highest BCUT2D eigenvalue weighted by atomic mass is 16.5. The predicted octanol–water partition coefficient (Wildman–Crippen LogP) is 3.28. The summed E-state index contributed by atoms with van der Waals surface area (Å²) < 4.78 is 6.49. The molecule has 1 saturated heterocycles. The number of aromatic nitrogens is 2. The fourth-order valence-corrected chi connectivity index (χ4v) is 4.47. The van der Waals surface area contributed by atoms with E-state index in [-0.39, 0.29) is 17.6 Å². The number of nitrogens with one attached hydrogen (secondary N) is 2. The Morgan fingerprint density at radius 2 is 2.04 bits per heavy atom. The Kier molecular flexibility index (Phi) is 4.09. The number of para-hydroxylation sites is 2. The van der Waals surface area contributed by atoms with E-state index < -0.39 is 0 Å². The lowest BCUT2D eigenvalue weighted by Crippen LogP contribution is -2.51. The van der Waals surface area contributed by atoms with Crippen LogP contribution in [0, 0.1) is 0 Å². The molecule has 1 amide bonds. The molecule has 1 aromatic heterocycles. The molecule has 1 fully saturated rings. The first-order valence-corrected chi connectivity index (χ1v) is 9.83. The molecule has 2 aliphatic rings. The number of H-pyrrole nitrogens is 1. The number of fused-ring (bicyclic) bond motifs is 2. The monoisotopic (exact) mass is 376 g/mol. The largest absolute Gasteiger partial charge is 0.487 e. The maximum absolute atomic E-state index is 13.1. The first kappa shape index (κ1) is 17.3. The van der Waals surface area contributed by atoms with E-state index in [1.54, 1.807) is 6.20 Å². The molecule has 0 aliphatic carbocycles. The number of piperidine rings is 1. The van der Waals surface area contributed by atoms with Crippen molar-refractivity contribution >= 4 is 16.8 Å². The fourth-order valence-electron chi connectivity index (χ4n) is 4.47. The van der Waals surface area contributed by atoms with Crippen LogP contribution in [0.5, 0.6) is 5.75 Å². The summed E-state index contributed by atoms with van der Waals surface area (Å²) in [4.78, 5) is 15.5. The SMILES string of the molecule is CN1CCC2(CC1)CC(NC(=O)c1cccc3cn[nH]c13)c1ccccc1O2. The minimum absolute atomic E-state index is 0.0703. The van der Waals surface area contributed by atoms with Crippen molar-refractivity contribution in [2.24, 2.45) is 0 Å². The second kappa shape index (κ2) is 6.63. The van der Waals surface area contributed by atoms with E-state index in [1.165, 1.54) is 0 Å². The number of amides is 1. The smallest absolute Gasteiger partial charge is 0.253 e. The van der Waals surface area contributed by atoms with E-state index >= 15 is 0 Å². The van der Waals surface area contributed by atoms with Crippen molar-refractivity contribution in [2.75, 3.05) is 20.1 Å². The van der Waals surface area contributed by atoms with Gasteiger partial charge in [-0.25, -0.2) is 0 Å². The number of ether oxygens (including phenoxy) is 1. The molecule has 1 spiro atoms.